The van der Waals surface area contributed by atoms with Gasteiger partial charge in [-0.3, -0.25) is 10.1 Å². The molecule has 1 fully saturated rings. The van der Waals surface area contributed by atoms with E-state index in [1.165, 1.54) is 6.26 Å². The summed E-state index contributed by atoms with van der Waals surface area (Å²) < 4.78 is 9.97. The molecule has 0 aliphatic carbocycles. The lowest BCUT2D eigenvalue weighted by atomic mass is 10.2. The maximum atomic E-state index is 12.3. The van der Waals surface area contributed by atoms with Gasteiger partial charge < -0.3 is 19.0 Å². The first kappa shape index (κ1) is 16.8. The summed E-state index contributed by atoms with van der Waals surface area (Å²) in [5.41, 5.74) is 0.944. The van der Waals surface area contributed by atoms with Gasteiger partial charge in [0.2, 0.25) is 0 Å². The first-order chi connectivity index (χ1) is 12.2. The summed E-state index contributed by atoms with van der Waals surface area (Å²) in [7, 11) is 0. The van der Waals surface area contributed by atoms with Gasteiger partial charge >= 0.3 is 6.09 Å². The third kappa shape index (κ3) is 4.09. The fourth-order valence-electron chi connectivity index (χ4n) is 2.64. The molecule has 25 heavy (non-hydrogen) atoms. The molecule has 8 heteroatoms. The molecule has 0 radical (unpaired) electrons. The maximum absolute atomic E-state index is 12.3. The van der Waals surface area contributed by atoms with Crippen LogP contribution in [0.15, 0.2) is 41.1 Å². The van der Waals surface area contributed by atoms with Gasteiger partial charge in [0.1, 0.15) is 5.82 Å². The fraction of sp³-hybridized carbons (Fsp3) is 0.353. The molecule has 0 spiro atoms. The second kappa shape index (κ2) is 7.69. The Morgan fingerprint density at radius 3 is 2.64 bits per heavy atom. The summed E-state index contributed by atoms with van der Waals surface area (Å²) in [6.45, 7) is 4.69. The third-order valence-corrected chi connectivity index (χ3v) is 3.92. The Morgan fingerprint density at radius 2 is 2.04 bits per heavy atom. The molecule has 0 atom stereocenters. The number of rotatable bonds is 4. The van der Waals surface area contributed by atoms with E-state index in [0.29, 0.717) is 44.4 Å². The molecule has 0 unspecified atom stereocenters. The second-order valence-corrected chi connectivity index (χ2v) is 5.50. The van der Waals surface area contributed by atoms with Crippen LogP contribution in [-0.2, 0) is 4.74 Å². The molecule has 0 aromatic carbocycles. The summed E-state index contributed by atoms with van der Waals surface area (Å²) in [6, 6.07) is 7.00. The number of ether oxygens (including phenoxy) is 1. The molecule has 132 valence electrons. The number of amides is 2. The number of anilines is 2. The normalized spacial score (nSPS) is 14.3. The van der Waals surface area contributed by atoms with E-state index in [9.17, 15) is 9.59 Å². The average molecular weight is 344 g/mol. The summed E-state index contributed by atoms with van der Waals surface area (Å²) in [5.74, 6) is 0.718. The van der Waals surface area contributed by atoms with Crippen molar-refractivity contribution in [3.63, 3.8) is 0 Å². The van der Waals surface area contributed by atoms with Gasteiger partial charge in [-0.15, -0.1) is 0 Å². The zero-order valence-corrected chi connectivity index (χ0v) is 14.0. The third-order valence-electron chi connectivity index (χ3n) is 3.92. The number of pyridine rings is 1. The quantitative estimate of drug-likeness (QED) is 0.915. The lowest BCUT2D eigenvalue weighted by molar-refractivity contribution is 0.0714. The number of hydrogen-bond donors (Lipinski definition) is 1. The first-order valence-electron chi connectivity index (χ1n) is 8.15. The second-order valence-electron chi connectivity index (χ2n) is 5.50. The van der Waals surface area contributed by atoms with E-state index in [2.05, 4.69) is 15.2 Å². The van der Waals surface area contributed by atoms with Crippen LogP contribution in [0.5, 0.6) is 0 Å². The van der Waals surface area contributed by atoms with Crippen molar-refractivity contribution in [2.75, 3.05) is 43.0 Å². The molecule has 0 saturated carbocycles. The molecular formula is C17H20N4O4. The van der Waals surface area contributed by atoms with Gasteiger partial charge in [-0.1, -0.05) is 0 Å². The van der Waals surface area contributed by atoms with Gasteiger partial charge in [0.25, 0.3) is 5.91 Å². The van der Waals surface area contributed by atoms with E-state index >= 15 is 0 Å². The molecule has 1 N–H and O–H groups in total. The number of carbonyl (C=O) groups is 2. The molecule has 1 aliphatic heterocycles. The van der Waals surface area contributed by atoms with Crippen LogP contribution in [-0.4, -0.2) is 54.7 Å². The van der Waals surface area contributed by atoms with Crippen LogP contribution < -0.4 is 10.2 Å². The van der Waals surface area contributed by atoms with E-state index in [-0.39, 0.29) is 5.91 Å². The Kier molecular flexibility index (Phi) is 5.17. The molecule has 3 rings (SSSR count). The predicted octanol–water partition coefficient (Wildman–Crippen LogP) is 2.21. The smallest absolute Gasteiger partial charge is 0.412 e. The lowest BCUT2D eigenvalue weighted by Crippen LogP contribution is -2.48. The van der Waals surface area contributed by atoms with Crippen LogP contribution in [0.2, 0.25) is 0 Å². The van der Waals surface area contributed by atoms with Crippen LogP contribution >= 0.6 is 0 Å². The van der Waals surface area contributed by atoms with Crippen LogP contribution in [0, 0.1) is 0 Å². The highest BCUT2D eigenvalue weighted by Crippen LogP contribution is 2.18. The molecule has 2 aromatic rings. The molecule has 2 amide bonds. The highest BCUT2D eigenvalue weighted by Gasteiger charge is 2.23. The van der Waals surface area contributed by atoms with E-state index in [0.717, 1.165) is 5.69 Å². The Bertz CT molecular complexity index is 707. The van der Waals surface area contributed by atoms with E-state index < -0.39 is 6.09 Å². The van der Waals surface area contributed by atoms with Crippen molar-refractivity contribution in [1.29, 1.82) is 0 Å². The monoisotopic (exact) mass is 344 g/mol. The number of carbonyl (C=O) groups excluding carboxylic acids is 2. The topological polar surface area (TPSA) is 87.9 Å². The average Bonchev–Trinajstić information content (AvgIpc) is 3.17. The van der Waals surface area contributed by atoms with Gasteiger partial charge in [-0.25, -0.2) is 9.78 Å². The summed E-state index contributed by atoms with van der Waals surface area (Å²) in [4.78, 5) is 31.8. The molecule has 3 heterocycles. The van der Waals surface area contributed by atoms with Crippen LogP contribution in [0.4, 0.5) is 16.3 Å². The van der Waals surface area contributed by atoms with E-state index in [1.54, 1.807) is 36.2 Å². The highest BCUT2D eigenvalue weighted by molar-refractivity contribution is 5.91. The van der Waals surface area contributed by atoms with Gasteiger partial charge in [-0.2, -0.15) is 0 Å². The van der Waals surface area contributed by atoms with Crippen LogP contribution in [0.1, 0.15) is 17.5 Å². The molecule has 8 nitrogen and oxygen atoms in total. The highest BCUT2D eigenvalue weighted by atomic mass is 16.5. The Morgan fingerprint density at radius 1 is 1.24 bits per heavy atom. The van der Waals surface area contributed by atoms with Gasteiger partial charge in [0.05, 0.1) is 24.8 Å². The number of hydrogen-bond acceptors (Lipinski definition) is 6. The minimum Gasteiger partial charge on any atom is -0.459 e. The Hall–Kier alpha value is -3.03. The standard InChI is InChI=1S/C17H20N4O4/c1-2-24-17(23)19-15-6-5-13(12-18-15)20-7-9-21(10-8-20)16(22)14-4-3-11-25-14/h3-6,11-12H,2,7-10H2,1H3,(H,18,19,23). The summed E-state index contributed by atoms with van der Waals surface area (Å²) >= 11 is 0. The molecule has 1 saturated heterocycles. The first-order valence-corrected chi connectivity index (χ1v) is 8.15. The van der Waals surface area contributed by atoms with Crippen LogP contribution in [0.25, 0.3) is 0 Å². The van der Waals surface area contributed by atoms with Crippen molar-refractivity contribution in [1.82, 2.24) is 9.88 Å². The number of nitrogens with one attached hydrogen (secondary N) is 1. The maximum Gasteiger partial charge on any atom is 0.412 e. The molecule has 0 bridgehead atoms. The minimum atomic E-state index is -0.521. The Balaban J connectivity index is 1.54. The number of aromatic nitrogens is 1. The fourth-order valence-corrected chi connectivity index (χ4v) is 2.64. The van der Waals surface area contributed by atoms with Crippen molar-refractivity contribution in [3.05, 3.63) is 42.5 Å². The molecule has 1 aliphatic rings. The minimum absolute atomic E-state index is 0.0863. The van der Waals surface area contributed by atoms with Crippen molar-refractivity contribution >= 4 is 23.5 Å². The SMILES string of the molecule is CCOC(=O)Nc1ccc(N2CCN(C(=O)c3ccco3)CC2)cn1. The zero-order chi connectivity index (χ0) is 17.6. The summed E-state index contributed by atoms with van der Waals surface area (Å²) in [5, 5.41) is 2.56. The molecule has 2 aromatic heterocycles. The Labute approximate surface area is 145 Å². The lowest BCUT2D eigenvalue weighted by Gasteiger charge is -2.35. The van der Waals surface area contributed by atoms with Crippen molar-refractivity contribution in [3.8, 4) is 0 Å². The van der Waals surface area contributed by atoms with Gasteiger partial charge in [0, 0.05) is 26.2 Å². The van der Waals surface area contributed by atoms with Gasteiger partial charge in [0.15, 0.2) is 5.76 Å². The molecular weight excluding hydrogens is 324 g/mol. The van der Waals surface area contributed by atoms with Gasteiger partial charge in [-0.05, 0) is 31.2 Å². The van der Waals surface area contributed by atoms with E-state index in [4.69, 9.17) is 9.15 Å². The van der Waals surface area contributed by atoms with Crippen molar-refractivity contribution in [2.45, 2.75) is 6.92 Å². The summed E-state index contributed by atoms with van der Waals surface area (Å²) in [6.07, 6.45) is 2.68. The van der Waals surface area contributed by atoms with Crippen LogP contribution in [0.3, 0.4) is 0 Å². The largest absolute Gasteiger partial charge is 0.459 e. The van der Waals surface area contributed by atoms with E-state index in [1.807, 2.05) is 6.07 Å². The number of piperazine rings is 1. The van der Waals surface area contributed by atoms with Crippen molar-refractivity contribution in [2.24, 2.45) is 0 Å². The number of furan rings is 1. The predicted molar refractivity (Wildman–Crippen MR) is 91.7 cm³/mol. The number of nitrogens with zero attached hydrogens (tertiary/aromatic N) is 3. The van der Waals surface area contributed by atoms with Crippen molar-refractivity contribution < 1.29 is 18.7 Å². The zero-order valence-electron chi connectivity index (χ0n) is 14.0.